The summed E-state index contributed by atoms with van der Waals surface area (Å²) in [6, 6.07) is 0. The van der Waals surface area contributed by atoms with E-state index in [1.165, 1.54) is 0 Å². The molecule has 0 heterocycles. The Labute approximate surface area is 52.6 Å². The molecule has 0 aromatic rings. The number of alkyl halides is 2. The summed E-state index contributed by atoms with van der Waals surface area (Å²) in [5, 5.41) is 0. The molecule has 0 amide bonds. The van der Waals surface area contributed by atoms with Crippen LogP contribution in [0.15, 0.2) is 0 Å². The lowest BCUT2D eigenvalue weighted by molar-refractivity contribution is 1.52. The predicted molar refractivity (Wildman–Crippen MR) is 31.4 cm³/mol. The van der Waals surface area contributed by atoms with Gasteiger partial charge < -0.3 is 0 Å². The lowest BCUT2D eigenvalue weighted by Crippen LogP contribution is -1.63. The standard InChI is InChI=1S/C2H4Cl2.Al.3H/c3-1-2-4;;;;/h1-2H2;;;;. The van der Waals surface area contributed by atoms with Crippen molar-refractivity contribution in [2.75, 3.05) is 11.8 Å². The molecule has 0 N–H and O–H groups in total. The van der Waals surface area contributed by atoms with Crippen molar-refractivity contribution in [3.05, 3.63) is 0 Å². The normalized spacial score (nSPS) is 6.00. The van der Waals surface area contributed by atoms with E-state index in [2.05, 4.69) is 0 Å². The largest absolute Gasteiger partial charge is 0.187 e. The molecule has 0 aliphatic heterocycles. The summed E-state index contributed by atoms with van der Waals surface area (Å²) in [5.41, 5.74) is 0. The second-order valence-electron chi connectivity index (χ2n) is 0.378. The summed E-state index contributed by atoms with van der Waals surface area (Å²) in [6.07, 6.45) is 0. The average molecular weight is 129 g/mol. The van der Waals surface area contributed by atoms with E-state index in [-0.39, 0.29) is 17.4 Å². The van der Waals surface area contributed by atoms with Gasteiger partial charge in [-0.25, -0.2) is 0 Å². The van der Waals surface area contributed by atoms with Crippen molar-refractivity contribution in [2.45, 2.75) is 0 Å². The maximum atomic E-state index is 5.05. The molecular formula is C2H7AlCl2. The first kappa shape index (κ1) is 9.45. The zero-order valence-corrected chi connectivity index (χ0v) is 3.68. The first-order valence-electron chi connectivity index (χ1n) is 1.03. The van der Waals surface area contributed by atoms with Crippen LogP contribution in [0, 0.1) is 0 Å². The van der Waals surface area contributed by atoms with Gasteiger partial charge in [-0.3, -0.25) is 0 Å². The van der Waals surface area contributed by atoms with E-state index < -0.39 is 0 Å². The zero-order chi connectivity index (χ0) is 3.41. The van der Waals surface area contributed by atoms with E-state index in [4.69, 9.17) is 23.2 Å². The van der Waals surface area contributed by atoms with Gasteiger partial charge in [-0.15, -0.1) is 23.2 Å². The Morgan fingerprint density at radius 3 is 1.20 bits per heavy atom. The van der Waals surface area contributed by atoms with Crippen LogP contribution >= 0.6 is 23.2 Å². The van der Waals surface area contributed by atoms with E-state index in [9.17, 15) is 0 Å². The molecule has 0 fully saturated rings. The highest BCUT2D eigenvalue weighted by molar-refractivity contribution is 6.25. The quantitative estimate of drug-likeness (QED) is 0.352. The summed E-state index contributed by atoms with van der Waals surface area (Å²) in [6.45, 7) is 0. The van der Waals surface area contributed by atoms with Crippen LogP contribution in [0.5, 0.6) is 0 Å². The van der Waals surface area contributed by atoms with Gasteiger partial charge in [0.1, 0.15) is 0 Å². The fraction of sp³-hybridized carbons (Fsp3) is 1.00. The minimum atomic E-state index is 0. The molecule has 0 aliphatic carbocycles. The molecule has 0 saturated heterocycles. The van der Waals surface area contributed by atoms with Crippen molar-refractivity contribution in [3.63, 3.8) is 0 Å². The third-order valence-corrected chi connectivity index (χ3v) is 0.643. The lowest BCUT2D eigenvalue weighted by Gasteiger charge is -1.63. The lowest BCUT2D eigenvalue weighted by atomic mass is 11.0. The highest BCUT2D eigenvalue weighted by Crippen LogP contribution is 1.75. The second-order valence-corrected chi connectivity index (χ2v) is 1.13. The molecule has 0 rings (SSSR count). The van der Waals surface area contributed by atoms with Crippen LogP contribution in [-0.2, 0) is 0 Å². The summed E-state index contributed by atoms with van der Waals surface area (Å²) in [4.78, 5) is 0. The molecule has 0 aromatic heterocycles. The molecule has 0 aromatic carbocycles. The van der Waals surface area contributed by atoms with Gasteiger partial charge in [-0.05, 0) is 0 Å². The zero-order valence-electron chi connectivity index (χ0n) is 2.17. The molecule has 5 heavy (non-hydrogen) atoms. The van der Waals surface area contributed by atoms with Crippen LogP contribution < -0.4 is 0 Å². The van der Waals surface area contributed by atoms with Crippen LogP contribution in [0.1, 0.15) is 0 Å². The Kier molecular flexibility index (Phi) is 16.9. The van der Waals surface area contributed by atoms with Gasteiger partial charge in [0.05, 0.1) is 0 Å². The summed E-state index contributed by atoms with van der Waals surface area (Å²) >= 11 is 10.1. The van der Waals surface area contributed by atoms with Gasteiger partial charge in [0.2, 0.25) is 0 Å². The molecule has 32 valence electrons. The smallest absolute Gasteiger partial charge is 0.125 e. The Balaban J connectivity index is 0. The summed E-state index contributed by atoms with van der Waals surface area (Å²) in [5.74, 6) is 1.11. The van der Waals surface area contributed by atoms with E-state index in [0.29, 0.717) is 11.8 Å². The van der Waals surface area contributed by atoms with E-state index in [0.717, 1.165) is 0 Å². The topological polar surface area (TPSA) is 0 Å². The second kappa shape index (κ2) is 8.93. The van der Waals surface area contributed by atoms with Crippen LogP contribution in [-0.4, -0.2) is 29.1 Å². The highest BCUT2D eigenvalue weighted by Gasteiger charge is 1.61. The van der Waals surface area contributed by atoms with Crippen LogP contribution in [0.3, 0.4) is 0 Å². The number of rotatable bonds is 1. The molecule has 0 aliphatic rings. The van der Waals surface area contributed by atoms with Gasteiger partial charge in [0.25, 0.3) is 0 Å². The third-order valence-electron chi connectivity index (χ3n) is 0.0714. The Morgan fingerprint density at radius 1 is 1.00 bits per heavy atom. The fourth-order valence-electron chi connectivity index (χ4n) is 0. The Bertz CT molecular complexity index is 9.61. The van der Waals surface area contributed by atoms with Gasteiger partial charge in [0.15, 0.2) is 17.4 Å². The summed E-state index contributed by atoms with van der Waals surface area (Å²) < 4.78 is 0. The minimum absolute atomic E-state index is 0. The number of hydrogen-bond acceptors (Lipinski definition) is 0. The van der Waals surface area contributed by atoms with Crippen molar-refractivity contribution in [1.29, 1.82) is 0 Å². The van der Waals surface area contributed by atoms with Crippen molar-refractivity contribution >= 4 is 40.6 Å². The van der Waals surface area contributed by atoms with E-state index in [1.807, 2.05) is 0 Å². The fourth-order valence-corrected chi connectivity index (χ4v) is 0. The predicted octanol–water partition coefficient (Wildman–Crippen LogP) is 0.280. The van der Waals surface area contributed by atoms with Crippen molar-refractivity contribution in [2.24, 2.45) is 0 Å². The number of hydrogen-bond donors (Lipinski definition) is 0. The molecule has 0 bridgehead atoms. The van der Waals surface area contributed by atoms with Crippen molar-refractivity contribution in [1.82, 2.24) is 0 Å². The molecule has 0 nitrogen and oxygen atoms in total. The Hall–Kier alpha value is 1.11. The molecule has 0 spiro atoms. The average Bonchev–Trinajstić information content (AvgIpc) is 1.37. The molecular weight excluding hydrogens is 122 g/mol. The van der Waals surface area contributed by atoms with Crippen molar-refractivity contribution < 1.29 is 0 Å². The third kappa shape index (κ3) is 11.1. The van der Waals surface area contributed by atoms with Gasteiger partial charge in [0, 0.05) is 11.8 Å². The molecule has 0 unspecified atom stereocenters. The van der Waals surface area contributed by atoms with Crippen LogP contribution in [0.2, 0.25) is 0 Å². The minimum Gasteiger partial charge on any atom is -0.125 e. The van der Waals surface area contributed by atoms with Crippen LogP contribution in [0.4, 0.5) is 0 Å². The van der Waals surface area contributed by atoms with E-state index >= 15 is 0 Å². The first-order valence-corrected chi connectivity index (χ1v) is 2.10. The first-order chi connectivity index (χ1) is 1.91. The van der Waals surface area contributed by atoms with Gasteiger partial charge in [-0.1, -0.05) is 0 Å². The summed E-state index contributed by atoms with van der Waals surface area (Å²) in [7, 11) is 0. The SMILES string of the molecule is ClCCCl.[AlH3]. The molecule has 0 saturated carbocycles. The maximum absolute atomic E-state index is 5.05. The van der Waals surface area contributed by atoms with Crippen LogP contribution in [0.25, 0.3) is 0 Å². The molecule has 0 radical (unpaired) electrons. The maximum Gasteiger partial charge on any atom is 0.187 e. The van der Waals surface area contributed by atoms with E-state index in [1.54, 1.807) is 0 Å². The van der Waals surface area contributed by atoms with Gasteiger partial charge in [-0.2, -0.15) is 0 Å². The molecule has 0 atom stereocenters. The highest BCUT2D eigenvalue weighted by atomic mass is 35.5. The number of halogens is 2. The Morgan fingerprint density at radius 2 is 1.20 bits per heavy atom. The monoisotopic (exact) mass is 128 g/mol. The van der Waals surface area contributed by atoms with Gasteiger partial charge >= 0.3 is 0 Å². The van der Waals surface area contributed by atoms with Crippen molar-refractivity contribution in [3.8, 4) is 0 Å². The molecule has 3 heteroatoms.